The Balaban J connectivity index is 2.11. The van der Waals surface area contributed by atoms with Crippen molar-refractivity contribution in [2.24, 2.45) is 0 Å². The van der Waals surface area contributed by atoms with E-state index >= 15 is 0 Å². The first-order chi connectivity index (χ1) is 9.99. The number of Topliss-reactive ketones (excluding diaryl/α,β-unsaturated/α-hetero) is 1. The molecule has 1 aliphatic heterocycles. The van der Waals surface area contributed by atoms with Crippen LogP contribution in [-0.4, -0.2) is 24.0 Å². The van der Waals surface area contributed by atoms with Gasteiger partial charge in [0.1, 0.15) is 0 Å². The molecule has 1 aromatic carbocycles. The molecule has 1 heterocycles. The lowest BCUT2D eigenvalue weighted by atomic mass is 9.86. The maximum Gasteiger partial charge on any atom is 0.161 e. The number of anilines is 2. The molecule has 0 amide bonds. The van der Waals surface area contributed by atoms with Crippen molar-refractivity contribution in [2.75, 3.05) is 17.7 Å². The highest BCUT2D eigenvalue weighted by Gasteiger charge is 2.34. The molecule has 4 nitrogen and oxygen atoms in total. The molecule has 0 radical (unpaired) electrons. The predicted octanol–water partition coefficient (Wildman–Crippen LogP) is 3.62. The van der Waals surface area contributed by atoms with Crippen molar-refractivity contribution in [2.45, 2.75) is 58.1 Å². The lowest BCUT2D eigenvalue weighted by Crippen LogP contribution is -2.43. The number of ketones is 1. The van der Waals surface area contributed by atoms with Crippen LogP contribution in [0.4, 0.5) is 11.4 Å². The van der Waals surface area contributed by atoms with Crippen LogP contribution in [0.5, 0.6) is 0 Å². The van der Waals surface area contributed by atoms with Crippen molar-refractivity contribution in [3.63, 3.8) is 0 Å². The van der Waals surface area contributed by atoms with Crippen molar-refractivity contribution in [1.29, 1.82) is 0 Å². The van der Waals surface area contributed by atoms with Crippen LogP contribution in [-0.2, 0) is 4.74 Å². The number of ether oxygens (including phenoxy) is 1. The number of nitrogens with two attached hydrogens (primary N) is 1. The van der Waals surface area contributed by atoms with Crippen LogP contribution in [0.3, 0.4) is 0 Å². The molecule has 3 N–H and O–H groups in total. The molecule has 4 heteroatoms. The van der Waals surface area contributed by atoms with Crippen LogP contribution >= 0.6 is 0 Å². The maximum atomic E-state index is 11.6. The zero-order valence-electron chi connectivity index (χ0n) is 13.2. The van der Waals surface area contributed by atoms with Crippen molar-refractivity contribution in [1.82, 2.24) is 0 Å². The summed E-state index contributed by atoms with van der Waals surface area (Å²) in [5.74, 6) is -0.000379. The summed E-state index contributed by atoms with van der Waals surface area (Å²) in [4.78, 5) is 11.6. The van der Waals surface area contributed by atoms with Crippen LogP contribution in [0.15, 0.2) is 18.2 Å². The topological polar surface area (TPSA) is 64.3 Å². The molecule has 1 aromatic rings. The third-order valence-electron chi connectivity index (χ3n) is 4.59. The molecule has 1 unspecified atom stereocenters. The first-order valence-electron chi connectivity index (χ1n) is 7.80. The van der Waals surface area contributed by atoms with Gasteiger partial charge < -0.3 is 15.8 Å². The first kappa shape index (κ1) is 15.8. The Morgan fingerprint density at radius 1 is 1.43 bits per heavy atom. The maximum absolute atomic E-state index is 11.6. The summed E-state index contributed by atoms with van der Waals surface area (Å²) in [6.07, 6.45) is 4.05. The van der Waals surface area contributed by atoms with E-state index in [9.17, 15) is 4.79 Å². The highest BCUT2D eigenvalue weighted by Crippen LogP contribution is 2.33. The van der Waals surface area contributed by atoms with Crippen LogP contribution < -0.4 is 11.1 Å². The highest BCUT2D eigenvalue weighted by molar-refractivity contribution is 6.00. The lowest BCUT2D eigenvalue weighted by molar-refractivity contribution is -0.0864. The Bertz CT molecular complexity index is 510. The number of benzene rings is 1. The minimum atomic E-state index is -0.00681. The second kappa shape index (κ2) is 6.48. The van der Waals surface area contributed by atoms with E-state index in [2.05, 4.69) is 19.2 Å². The largest absolute Gasteiger partial charge is 0.398 e. The fourth-order valence-electron chi connectivity index (χ4n) is 3.08. The van der Waals surface area contributed by atoms with Gasteiger partial charge >= 0.3 is 0 Å². The monoisotopic (exact) mass is 290 g/mol. The van der Waals surface area contributed by atoms with E-state index in [1.54, 1.807) is 13.0 Å². The molecule has 0 aliphatic carbocycles. The minimum Gasteiger partial charge on any atom is -0.398 e. The summed E-state index contributed by atoms with van der Waals surface area (Å²) in [5, 5.41) is 3.54. The average Bonchev–Trinajstić information content (AvgIpc) is 2.49. The number of hydrogen-bond donors (Lipinski definition) is 2. The summed E-state index contributed by atoms with van der Waals surface area (Å²) in [5.41, 5.74) is 7.92. The fourth-order valence-corrected chi connectivity index (χ4v) is 3.08. The summed E-state index contributed by atoms with van der Waals surface area (Å²) in [6.45, 7) is 6.70. The summed E-state index contributed by atoms with van der Waals surface area (Å²) >= 11 is 0. The Labute approximate surface area is 127 Å². The van der Waals surface area contributed by atoms with Crippen LogP contribution in [0.25, 0.3) is 0 Å². The second-order valence-electron chi connectivity index (χ2n) is 5.93. The normalized spacial score (nSPS) is 21.0. The number of nitrogen functional groups attached to an aromatic ring is 1. The number of hydrogen-bond acceptors (Lipinski definition) is 4. The predicted molar refractivity (Wildman–Crippen MR) is 86.8 cm³/mol. The van der Waals surface area contributed by atoms with Gasteiger partial charge in [-0.25, -0.2) is 0 Å². The first-order valence-corrected chi connectivity index (χ1v) is 7.80. The van der Waals surface area contributed by atoms with Gasteiger partial charge in [0.2, 0.25) is 0 Å². The average molecular weight is 290 g/mol. The van der Waals surface area contributed by atoms with Crippen molar-refractivity contribution in [3.8, 4) is 0 Å². The van der Waals surface area contributed by atoms with Crippen LogP contribution in [0.2, 0.25) is 0 Å². The number of nitrogens with one attached hydrogen (secondary N) is 1. The van der Waals surface area contributed by atoms with E-state index in [-0.39, 0.29) is 11.4 Å². The SMILES string of the molecule is CCC1(CC)CC(Nc2ccc(N)c(C(C)=O)c2)CCO1. The quantitative estimate of drug-likeness (QED) is 0.642. The number of carbonyl (C=O) groups excluding carboxylic acids is 1. The fraction of sp³-hybridized carbons (Fsp3) is 0.588. The van der Waals surface area contributed by atoms with Gasteiger partial charge in [0.25, 0.3) is 0 Å². The molecule has 0 saturated carbocycles. The summed E-state index contributed by atoms with van der Waals surface area (Å²) < 4.78 is 6.00. The Kier molecular flexibility index (Phi) is 4.88. The van der Waals surface area contributed by atoms with Gasteiger partial charge in [0.05, 0.1) is 5.60 Å². The minimum absolute atomic E-state index is 0.000379. The Hall–Kier alpha value is -1.55. The molecule has 0 bridgehead atoms. The lowest BCUT2D eigenvalue weighted by Gasteiger charge is -2.40. The van der Waals surface area contributed by atoms with Gasteiger partial charge in [0.15, 0.2) is 5.78 Å². The molecule has 1 atom stereocenters. The Morgan fingerprint density at radius 2 is 2.14 bits per heavy atom. The van der Waals surface area contributed by atoms with E-state index in [1.165, 1.54) is 0 Å². The molecule has 2 rings (SSSR count). The number of rotatable bonds is 5. The molecule has 0 aromatic heterocycles. The molecule has 1 aliphatic rings. The molecular weight excluding hydrogens is 264 g/mol. The summed E-state index contributed by atoms with van der Waals surface area (Å²) in [6, 6.07) is 5.97. The van der Waals surface area contributed by atoms with Crippen molar-refractivity contribution >= 4 is 17.2 Å². The van der Waals surface area contributed by atoms with E-state index in [4.69, 9.17) is 10.5 Å². The third kappa shape index (κ3) is 3.56. The van der Waals surface area contributed by atoms with Gasteiger partial charge in [-0.3, -0.25) is 4.79 Å². The summed E-state index contributed by atoms with van der Waals surface area (Å²) in [7, 11) is 0. The molecule has 21 heavy (non-hydrogen) atoms. The molecule has 1 fully saturated rings. The van der Waals surface area contributed by atoms with E-state index in [1.807, 2.05) is 12.1 Å². The third-order valence-corrected chi connectivity index (χ3v) is 4.59. The zero-order valence-corrected chi connectivity index (χ0v) is 13.2. The van der Waals surface area contributed by atoms with Gasteiger partial charge in [-0.1, -0.05) is 13.8 Å². The molecule has 1 saturated heterocycles. The highest BCUT2D eigenvalue weighted by atomic mass is 16.5. The second-order valence-corrected chi connectivity index (χ2v) is 5.93. The van der Waals surface area contributed by atoms with Crippen LogP contribution in [0, 0.1) is 0 Å². The van der Waals surface area contributed by atoms with Crippen LogP contribution in [0.1, 0.15) is 56.8 Å². The number of carbonyl (C=O) groups is 1. The van der Waals surface area contributed by atoms with E-state index in [0.29, 0.717) is 17.3 Å². The van der Waals surface area contributed by atoms with Gasteiger partial charge in [-0.15, -0.1) is 0 Å². The molecule has 0 spiro atoms. The van der Waals surface area contributed by atoms with Crippen molar-refractivity contribution < 1.29 is 9.53 Å². The van der Waals surface area contributed by atoms with Gasteiger partial charge in [-0.2, -0.15) is 0 Å². The standard InChI is InChI=1S/C17H26N2O2/c1-4-17(5-2)11-14(8-9-21-17)19-13-6-7-16(18)15(10-13)12(3)20/h6-7,10,14,19H,4-5,8-9,11,18H2,1-3H3. The molecular formula is C17H26N2O2. The van der Waals surface area contributed by atoms with E-state index in [0.717, 1.165) is 38.0 Å². The zero-order chi connectivity index (χ0) is 15.5. The van der Waals surface area contributed by atoms with E-state index < -0.39 is 0 Å². The molecule has 116 valence electrons. The van der Waals surface area contributed by atoms with Gasteiger partial charge in [0, 0.05) is 29.6 Å². The smallest absolute Gasteiger partial charge is 0.161 e. The van der Waals surface area contributed by atoms with Crippen molar-refractivity contribution in [3.05, 3.63) is 23.8 Å². The Morgan fingerprint density at radius 3 is 2.76 bits per heavy atom. The van der Waals surface area contributed by atoms with Gasteiger partial charge in [-0.05, 0) is 50.8 Å².